The Kier molecular flexibility index (Phi) is 3.49. The van der Waals surface area contributed by atoms with Crippen LogP contribution in [0.15, 0.2) is 24.5 Å². The van der Waals surface area contributed by atoms with Gasteiger partial charge in [0, 0.05) is 25.0 Å². The monoisotopic (exact) mass is 296 g/mol. The fourth-order valence-corrected chi connectivity index (χ4v) is 3.71. The summed E-state index contributed by atoms with van der Waals surface area (Å²) in [6.45, 7) is 6.46. The Bertz CT molecular complexity index is 671. The average Bonchev–Trinajstić information content (AvgIpc) is 3.16. The molecule has 0 saturated heterocycles. The van der Waals surface area contributed by atoms with Crippen LogP contribution in [0.3, 0.4) is 0 Å². The van der Waals surface area contributed by atoms with Crippen LogP contribution < -0.4 is 5.32 Å². The molecule has 1 saturated carbocycles. The molecule has 1 aromatic carbocycles. The number of benzene rings is 1. The molecule has 2 atom stereocenters. The van der Waals surface area contributed by atoms with Crippen molar-refractivity contribution in [2.24, 2.45) is 5.92 Å². The first kappa shape index (κ1) is 13.9. The fourth-order valence-electron chi connectivity index (χ4n) is 3.71. The summed E-state index contributed by atoms with van der Waals surface area (Å²) in [6.07, 6.45) is 5.62. The van der Waals surface area contributed by atoms with E-state index in [2.05, 4.69) is 52.1 Å². The van der Waals surface area contributed by atoms with Crippen molar-refractivity contribution in [2.45, 2.75) is 51.6 Å². The van der Waals surface area contributed by atoms with Gasteiger partial charge in [-0.3, -0.25) is 0 Å². The second-order valence-electron chi connectivity index (χ2n) is 6.97. The van der Waals surface area contributed by atoms with Gasteiger partial charge in [-0.05, 0) is 43.2 Å². The number of rotatable bonds is 5. The van der Waals surface area contributed by atoms with Crippen molar-refractivity contribution in [2.75, 3.05) is 6.54 Å². The summed E-state index contributed by atoms with van der Waals surface area (Å²) in [5.74, 6) is 2.51. The summed E-state index contributed by atoms with van der Waals surface area (Å²) < 4.78 is 2.22. The lowest BCUT2D eigenvalue weighted by atomic mass is 10.0. The highest BCUT2D eigenvalue weighted by Crippen LogP contribution is 2.39. The summed E-state index contributed by atoms with van der Waals surface area (Å²) in [5.41, 5.74) is 4.37. The van der Waals surface area contributed by atoms with Crippen LogP contribution in [-0.4, -0.2) is 21.3 Å². The molecule has 0 unspecified atom stereocenters. The Morgan fingerprint density at radius 2 is 2.18 bits per heavy atom. The van der Waals surface area contributed by atoms with E-state index in [4.69, 9.17) is 0 Å². The van der Waals surface area contributed by atoms with Crippen LogP contribution >= 0.6 is 0 Å². The molecule has 0 amide bonds. The summed E-state index contributed by atoms with van der Waals surface area (Å²) in [5, 5.41) is 12.1. The molecule has 116 valence electrons. The van der Waals surface area contributed by atoms with Gasteiger partial charge in [0.15, 0.2) is 0 Å². The molecule has 1 N–H and O–H groups in total. The zero-order chi connectivity index (χ0) is 15.1. The number of hydrogen-bond acceptors (Lipinski definition) is 3. The van der Waals surface area contributed by atoms with E-state index in [9.17, 15) is 0 Å². The van der Waals surface area contributed by atoms with E-state index < -0.39 is 0 Å². The van der Waals surface area contributed by atoms with Crippen LogP contribution in [-0.2, 0) is 13.0 Å². The SMILES string of the molecule is Cc1ccc2c(c1)[C@@H](NCCn1cnnc1C1CC1)[C@H](C)C2. The van der Waals surface area contributed by atoms with E-state index in [0.29, 0.717) is 17.9 Å². The van der Waals surface area contributed by atoms with Crippen LogP contribution in [0, 0.1) is 12.8 Å². The molecule has 2 aliphatic rings. The summed E-state index contributed by atoms with van der Waals surface area (Å²) in [4.78, 5) is 0. The molecule has 1 heterocycles. The van der Waals surface area contributed by atoms with Gasteiger partial charge >= 0.3 is 0 Å². The van der Waals surface area contributed by atoms with Gasteiger partial charge in [0.1, 0.15) is 12.2 Å². The van der Waals surface area contributed by atoms with Gasteiger partial charge in [0.05, 0.1) is 0 Å². The number of hydrogen-bond donors (Lipinski definition) is 1. The van der Waals surface area contributed by atoms with Crippen molar-refractivity contribution in [3.05, 3.63) is 47.0 Å². The smallest absolute Gasteiger partial charge is 0.135 e. The first-order valence-corrected chi connectivity index (χ1v) is 8.43. The maximum absolute atomic E-state index is 4.28. The minimum atomic E-state index is 0.482. The lowest BCUT2D eigenvalue weighted by Gasteiger charge is -2.19. The minimum Gasteiger partial charge on any atom is -0.316 e. The summed E-state index contributed by atoms with van der Waals surface area (Å²) in [6, 6.07) is 7.36. The molecule has 0 radical (unpaired) electrons. The molecule has 0 spiro atoms. The predicted molar refractivity (Wildman–Crippen MR) is 86.8 cm³/mol. The van der Waals surface area contributed by atoms with Crippen molar-refractivity contribution in [3.63, 3.8) is 0 Å². The molecule has 22 heavy (non-hydrogen) atoms. The molecule has 1 aromatic heterocycles. The van der Waals surface area contributed by atoms with Crippen molar-refractivity contribution < 1.29 is 0 Å². The second-order valence-corrected chi connectivity index (χ2v) is 6.97. The molecule has 2 aromatic rings. The van der Waals surface area contributed by atoms with E-state index >= 15 is 0 Å². The Labute approximate surface area is 132 Å². The Hall–Kier alpha value is -1.68. The quantitative estimate of drug-likeness (QED) is 0.922. The van der Waals surface area contributed by atoms with E-state index in [1.165, 1.54) is 41.8 Å². The van der Waals surface area contributed by atoms with E-state index in [1.54, 1.807) is 0 Å². The molecular weight excluding hydrogens is 272 g/mol. The first-order valence-electron chi connectivity index (χ1n) is 8.43. The van der Waals surface area contributed by atoms with Gasteiger partial charge in [-0.2, -0.15) is 0 Å². The van der Waals surface area contributed by atoms with Gasteiger partial charge in [-0.1, -0.05) is 30.7 Å². The van der Waals surface area contributed by atoms with E-state index in [-0.39, 0.29) is 0 Å². The number of aromatic nitrogens is 3. The third kappa shape index (κ3) is 2.56. The zero-order valence-electron chi connectivity index (χ0n) is 13.4. The Morgan fingerprint density at radius 1 is 1.32 bits per heavy atom. The van der Waals surface area contributed by atoms with E-state index in [1.807, 2.05) is 6.33 Å². The van der Waals surface area contributed by atoms with Crippen LogP contribution in [0.5, 0.6) is 0 Å². The molecule has 1 fully saturated rings. The molecule has 2 aliphatic carbocycles. The zero-order valence-corrected chi connectivity index (χ0v) is 13.4. The summed E-state index contributed by atoms with van der Waals surface area (Å²) >= 11 is 0. The maximum atomic E-state index is 4.28. The van der Waals surface area contributed by atoms with Gasteiger partial charge < -0.3 is 9.88 Å². The Balaban J connectivity index is 1.42. The van der Waals surface area contributed by atoms with Gasteiger partial charge in [-0.15, -0.1) is 10.2 Å². The topological polar surface area (TPSA) is 42.7 Å². The number of aryl methyl sites for hydroxylation is 1. The van der Waals surface area contributed by atoms with Gasteiger partial charge in [0.2, 0.25) is 0 Å². The minimum absolute atomic E-state index is 0.482. The van der Waals surface area contributed by atoms with Crippen molar-refractivity contribution in [3.8, 4) is 0 Å². The predicted octanol–water partition coefficient (Wildman–Crippen LogP) is 2.99. The fraction of sp³-hybridized carbons (Fsp3) is 0.556. The largest absolute Gasteiger partial charge is 0.316 e. The molecule has 0 bridgehead atoms. The molecule has 0 aliphatic heterocycles. The van der Waals surface area contributed by atoms with Gasteiger partial charge in [0.25, 0.3) is 0 Å². The summed E-state index contributed by atoms with van der Waals surface area (Å²) in [7, 11) is 0. The molecular formula is C18H24N4. The first-order chi connectivity index (χ1) is 10.7. The van der Waals surface area contributed by atoms with E-state index in [0.717, 1.165) is 13.1 Å². The number of nitrogens with one attached hydrogen (secondary N) is 1. The van der Waals surface area contributed by atoms with Crippen LogP contribution in [0.1, 0.15) is 54.2 Å². The van der Waals surface area contributed by atoms with Crippen LogP contribution in [0.4, 0.5) is 0 Å². The third-order valence-corrected chi connectivity index (χ3v) is 5.05. The van der Waals surface area contributed by atoms with Crippen molar-refractivity contribution >= 4 is 0 Å². The van der Waals surface area contributed by atoms with Crippen molar-refractivity contribution in [1.29, 1.82) is 0 Å². The molecule has 4 heteroatoms. The average molecular weight is 296 g/mol. The third-order valence-electron chi connectivity index (χ3n) is 5.05. The second kappa shape index (κ2) is 5.51. The number of fused-ring (bicyclic) bond motifs is 1. The highest BCUT2D eigenvalue weighted by atomic mass is 15.3. The van der Waals surface area contributed by atoms with Crippen LogP contribution in [0.25, 0.3) is 0 Å². The molecule has 4 nitrogen and oxygen atoms in total. The number of nitrogens with zero attached hydrogens (tertiary/aromatic N) is 3. The highest BCUT2D eigenvalue weighted by molar-refractivity contribution is 5.38. The lowest BCUT2D eigenvalue weighted by Crippen LogP contribution is -2.27. The normalized spacial score (nSPS) is 23.7. The maximum Gasteiger partial charge on any atom is 0.135 e. The van der Waals surface area contributed by atoms with Crippen molar-refractivity contribution in [1.82, 2.24) is 20.1 Å². The lowest BCUT2D eigenvalue weighted by molar-refractivity contribution is 0.405. The molecule has 4 rings (SSSR count). The highest BCUT2D eigenvalue weighted by Gasteiger charge is 2.30. The Morgan fingerprint density at radius 3 is 3.00 bits per heavy atom. The van der Waals surface area contributed by atoms with Crippen LogP contribution in [0.2, 0.25) is 0 Å². The van der Waals surface area contributed by atoms with Gasteiger partial charge in [-0.25, -0.2) is 0 Å². The standard InChI is InChI=1S/C18H24N4/c1-12-3-4-15-10-13(2)17(16(15)9-12)19-7-8-22-11-20-21-18(22)14-5-6-14/h3-4,9,11,13-14,17,19H,5-8,10H2,1-2H3/t13-,17+/m1/s1.